The molecule has 0 bridgehead atoms. The molecule has 4 nitrogen and oxygen atoms in total. The molecule has 0 aliphatic heterocycles. The van der Waals surface area contributed by atoms with Crippen molar-refractivity contribution in [1.29, 1.82) is 0 Å². The Morgan fingerprint density at radius 1 is 1.09 bits per heavy atom. The summed E-state index contributed by atoms with van der Waals surface area (Å²) in [6.07, 6.45) is 8.04. The molecule has 1 aliphatic carbocycles. The Hall–Kier alpha value is -2.66. The second-order valence-electron chi connectivity index (χ2n) is 8.61. The first-order chi connectivity index (χ1) is 15.0. The largest absolute Gasteiger partial charge is 1.00 e. The quantitative estimate of drug-likeness (QED) is 0.501. The Kier molecular flexibility index (Phi) is 7.40. The van der Waals surface area contributed by atoms with E-state index in [9.17, 15) is 4.79 Å². The van der Waals surface area contributed by atoms with Crippen LogP contribution in [0.15, 0.2) is 79.6 Å². The zero-order valence-electron chi connectivity index (χ0n) is 18.9. The predicted octanol–water partition coefficient (Wildman–Crippen LogP) is 1.78. The van der Waals surface area contributed by atoms with Crippen LogP contribution in [-0.4, -0.2) is 10.5 Å². The summed E-state index contributed by atoms with van der Waals surface area (Å²) in [4.78, 5) is 13.3. The Labute approximate surface area is 201 Å². The highest BCUT2D eigenvalue weighted by Gasteiger charge is 2.51. The zero-order chi connectivity index (χ0) is 22.0. The molecule has 1 aromatic heterocycles. The summed E-state index contributed by atoms with van der Waals surface area (Å²) in [5.74, 6) is 1.04. The van der Waals surface area contributed by atoms with Crippen molar-refractivity contribution in [3.05, 3.63) is 96.6 Å². The Bertz CT molecular complexity index is 1040. The van der Waals surface area contributed by atoms with E-state index in [4.69, 9.17) is 5.73 Å². The number of nitrogens with zero attached hydrogens (tertiary/aromatic N) is 2. The zero-order valence-corrected chi connectivity index (χ0v) is 20.5. The molecule has 1 amide bonds. The minimum atomic E-state index is -0.832. The maximum atomic E-state index is 13.3. The van der Waals surface area contributed by atoms with Crippen molar-refractivity contribution in [2.75, 3.05) is 0 Å². The van der Waals surface area contributed by atoms with Crippen molar-refractivity contribution in [2.24, 2.45) is 11.7 Å². The van der Waals surface area contributed by atoms with E-state index < -0.39 is 5.41 Å². The van der Waals surface area contributed by atoms with Gasteiger partial charge in [-0.3, -0.25) is 4.79 Å². The molecule has 1 fully saturated rings. The lowest BCUT2D eigenvalue weighted by Gasteiger charge is -2.37. The van der Waals surface area contributed by atoms with Crippen molar-refractivity contribution >= 4 is 11.6 Å². The summed E-state index contributed by atoms with van der Waals surface area (Å²) in [6.45, 7) is 8.46. The smallest absolute Gasteiger partial charge is 0.258 e. The Morgan fingerprint density at radius 2 is 1.66 bits per heavy atom. The highest BCUT2D eigenvalue weighted by atomic mass is 79.9. The maximum Gasteiger partial charge on any atom is 0.258 e. The number of amides is 1. The van der Waals surface area contributed by atoms with Gasteiger partial charge in [0.25, 0.3) is 5.82 Å². The second-order valence-corrected chi connectivity index (χ2v) is 8.61. The van der Waals surface area contributed by atoms with Crippen LogP contribution in [0.4, 0.5) is 0 Å². The molecule has 168 valence electrons. The van der Waals surface area contributed by atoms with E-state index in [0.29, 0.717) is 6.04 Å². The molecule has 0 unspecified atom stereocenters. The van der Waals surface area contributed by atoms with Gasteiger partial charge in [-0.1, -0.05) is 74.2 Å². The summed E-state index contributed by atoms with van der Waals surface area (Å²) in [5.41, 5.74) is 8.46. The first-order valence-corrected chi connectivity index (χ1v) is 11.2. The van der Waals surface area contributed by atoms with Gasteiger partial charge in [0.15, 0.2) is 0 Å². The van der Waals surface area contributed by atoms with Crippen molar-refractivity contribution < 1.29 is 26.3 Å². The lowest BCUT2D eigenvalue weighted by Crippen LogP contribution is -3.00. The number of primary amides is 1. The fraction of sp³-hybridized carbons (Fsp3) is 0.333. The molecule has 2 N–H and O–H groups in total. The second kappa shape index (κ2) is 9.86. The molecule has 3 aromatic rings. The molecule has 1 aliphatic rings. The maximum absolute atomic E-state index is 13.3. The third-order valence-corrected chi connectivity index (χ3v) is 7.11. The number of hydrogen-bond acceptors (Lipinski definition) is 1. The average molecular weight is 494 g/mol. The van der Waals surface area contributed by atoms with Crippen molar-refractivity contribution in [3.8, 4) is 0 Å². The fourth-order valence-electron chi connectivity index (χ4n) is 5.50. The summed E-state index contributed by atoms with van der Waals surface area (Å²) in [6, 6.07) is 20.5. The first-order valence-electron chi connectivity index (χ1n) is 11.2. The van der Waals surface area contributed by atoms with Crippen LogP contribution >= 0.6 is 0 Å². The van der Waals surface area contributed by atoms with E-state index in [1.807, 2.05) is 60.7 Å². The SMILES string of the molecule is C=C(CC)n1cc[n+]([C@H]2CC[C@@H](C(C(N)=O)(c3ccccc3)c3ccccc3)C2)c1C.[Br-]. The van der Waals surface area contributed by atoms with Gasteiger partial charge in [-0.15, -0.1) is 0 Å². The van der Waals surface area contributed by atoms with Crippen LogP contribution < -0.4 is 27.3 Å². The van der Waals surface area contributed by atoms with Crippen LogP contribution in [0.25, 0.3) is 5.70 Å². The molecule has 4 rings (SSSR count). The minimum absolute atomic E-state index is 0. The van der Waals surface area contributed by atoms with Crippen LogP contribution in [-0.2, 0) is 10.2 Å². The number of carbonyl (C=O) groups excluding carboxylic acids is 1. The topological polar surface area (TPSA) is 51.9 Å². The number of halogens is 1. The minimum Gasteiger partial charge on any atom is -1.00 e. The third-order valence-electron chi connectivity index (χ3n) is 7.11. The van der Waals surface area contributed by atoms with Gasteiger partial charge >= 0.3 is 0 Å². The molecular formula is C27H32BrN3O. The molecule has 5 heteroatoms. The van der Waals surface area contributed by atoms with Gasteiger partial charge in [0, 0.05) is 13.3 Å². The lowest BCUT2D eigenvalue weighted by molar-refractivity contribution is -0.726. The van der Waals surface area contributed by atoms with Gasteiger partial charge in [-0.25, -0.2) is 9.13 Å². The molecule has 0 spiro atoms. The van der Waals surface area contributed by atoms with Gasteiger partial charge < -0.3 is 22.7 Å². The summed E-state index contributed by atoms with van der Waals surface area (Å²) < 4.78 is 4.52. The number of benzene rings is 2. The van der Waals surface area contributed by atoms with E-state index in [1.165, 1.54) is 5.82 Å². The third kappa shape index (κ3) is 3.95. The number of carbonyl (C=O) groups is 1. The number of imidazole rings is 1. The van der Waals surface area contributed by atoms with Gasteiger partial charge in [-0.2, -0.15) is 0 Å². The Balaban J connectivity index is 0.00000289. The Morgan fingerprint density at radius 3 is 2.16 bits per heavy atom. The van der Waals surface area contributed by atoms with Crippen LogP contribution in [0.3, 0.4) is 0 Å². The summed E-state index contributed by atoms with van der Waals surface area (Å²) in [7, 11) is 0. The molecule has 0 radical (unpaired) electrons. The standard InChI is InChI=1S/C27H31N3O.BrH/c1-4-20(2)29-17-18-30(21(29)3)25-16-15-24(19-25)27(26(28)31,22-11-7-5-8-12-22)23-13-9-6-10-14-23;/h5-14,17-18,24-25H,2,4,15-16,19H2,1,3H3,(H-,28,31);1H/t24-,25+;/m1./s1. The molecular weight excluding hydrogens is 462 g/mol. The monoisotopic (exact) mass is 493 g/mol. The van der Waals surface area contributed by atoms with Crippen LogP contribution in [0.5, 0.6) is 0 Å². The van der Waals surface area contributed by atoms with E-state index in [-0.39, 0.29) is 28.8 Å². The number of rotatable bonds is 7. The van der Waals surface area contributed by atoms with Crippen LogP contribution in [0, 0.1) is 12.8 Å². The van der Waals surface area contributed by atoms with Gasteiger partial charge in [-0.05, 0) is 36.3 Å². The lowest BCUT2D eigenvalue weighted by atomic mass is 9.64. The number of aromatic nitrogens is 2. The van der Waals surface area contributed by atoms with Gasteiger partial charge in [0.2, 0.25) is 5.91 Å². The molecule has 1 heterocycles. The molecule has 0 saturated heterocycles. The van der Waals surface area contributed by atoms with E-state index in [2.05, 4.69) is 42.0 Å². The highest BCUT2D eigenvalue weighted by molar-refractivity contribution is 5.91. The molecule has 32 heavy (non-hydrogen) atoms. The van der Waals surface area contributed by atoms with Gasteiger partial charge in [0.05, 0.1) is 0 Å². The summed E-state index contributed by atoms with van der Waals surface area (Å²) >= 11 is 0. The van der Waals surface area contributed by atoms with Crippen molar-refractivity contribution in [1.82, 2.24) is 4.57 Å². The number of hydrogen-bond donors (Lipinski definition) is 1. The van der Waals surface area contributed by atoms with Crippen molar-refractivity contribution in [2.45, 2.75) is 51.0 Å². The molecule has 2 atom stereocenters. The average Bonchev–Trinajstić information content (AvgIpc) is 3.42. The fourth-order valence-corrected chi connectivity index (χ4v) is 5.50. The number of allylic oxidation sites excluding steroid dienone is 1. The molecule has 1 saturated carbocycles. The highest BCUT2D eigenvalue weighted by Crippen LogP contribution is 2.48. The normalized spacial score (nSPS) is 18.2. The van der Waals surface area contributed by atoms with Crippen molar-refractivity contribution in [3.63, 3.8) is 0 Å². The number of nitrogens with two attached hydrogens (primary N) is 1. The predicted molar refractivity (Wildman–Crippen MR) is 124 cm³/mol. The van der Waals surface area contributed by atoms with E-state index in [1.54, 1.807) is 0 Å². The first kappa shape index (κ1) is 24.0. The molecule has 2 aromatic carbocycles. The van der Waals surface area contributed by atoms with E-state index in [0.717, 1.165) is 42.5 Å². The van der Waals surface area contributed by atoms with Gasteiger partial charge in [0.1, 0.15) is 29.5 Å². The van der Waals surface area contributed by atoms with Crippen LogP contribution in [0.2, 0.25) is 0 Å². The summed E-state index contributed by atoms with van der Waals surface area (Å²) in [5, 5.41) is 0. The van der Waals surface area contributed by atoms with Crippen LogP contribution in [0.1, 0.15) is 55.6 Å². The van der Waals surface area contributed by atoms with E-state index >= 15 is 0 Å².